The van der Waals surface area contributed by atoms with Crippen LogP contribution in [0.4, 0.5) is 0 Å². The van der Waals surface area contributed by atoms with Crippen molar-refractivity contribution in [1.82, 2.24) is 0 Å². The average Bonchev–Trinajstić information content (AvgIpc) is 2.49. The van der Waals surface area contributed by atoms with E-state index < -0.39 is 34.9 Å². The lowest BCUT2D eigenvalue weighted by atomic mass is 9.69. The van der Waals surface area contributed by atoms with Crippen LogP contribution in [-0.2, 0) is 9.53 Å². The highest BCUT2D eigenvalue weighted by molar-refractivity contribution is 6.22. The molecule has 0 bridgehead atoms. The minimum Gasteiger partial charge on any atom is -0.390 e. The summed E-state index contributed by atoms with van der Waals surface area (Å²) in [4.78, 5) is 11.7. The summed E-state index contributed by atoms with van der Waals surface area (Å²) < 4.78 is 5.87. The first kappa shape index (κ1) is 18.9. The third-order valence-electron chi connectivity index (χ3n) is 5.14. The van der Waals surface area contributed by atoms with Gasteiger partial charge in [0.2, 0.25) is 0 Å². The summed E-state index contributed by atoms with van der Waals surface area (Å²) in [5, 5.41) is 30.7. The van der Waals surface area contributed by atoms with E-state index in [-0.39, 0.29) is 12.0 Å². The number of hydrogen-bond acceptors (Lipinski definition) is 5. The molecule has 0 radical (unpaired) electrons. The molecule has 1 fully saturated rings. The fourth-order valence-electron chi connectivity index (χ4n) is 3.52. The predicted molar refractivity (Wildman–Crippen MR) is 87.4 cm³/mol. The summed E-state index contributed by atoms with van der Waals surface area (Å²) in [6.07, 6.45) is 1.00. The van der Waals surface area contributed by atoms with E-state index in [1.54, 1.807) is 13.8 Å². The van der Waals surface area contributed by atoms with Crippen LogP contribution in [0.15, 0.2) is 11.1 Å². The van der Waals surface area contributed by atoms with E-state index in [9.17, 15) is 20.1 Å². The molecule has 0 aromatic rings. The fraction of sp³-hybridized carbons (Fsp3) is 0.824. The van der Waals surface area contributed by atoms with Crippen LogP contribution in [0.2, 0.25) is 0 Å². The number of ether oxygens (including phenoxy) is 1. The second-order valence-corrected chi connectivity index (χ2v) is 7.68. The van der Waals surface area contributed by atoms with Crippen molar-refractivity contribution < 1.29 is 24.9 Å². The summed E-state index contributed by atoms with van der Waals surface area (Å²) in [6.45, 7) is 5.50. The standard InChI is InChI=1S/C17H27ClO5/c1-4-5-6-7-10-11(9-19)15-17(22,14(18)13(10)21)8-12(20)16(2,3)23-15/h9,12-15,20-22H,4-8H2,1-3H3/t12-,13+,14-,15-,17-/m1/s1. The molecule has 5 nitrogen and oxygen atoms in total. The van der Waals surface area contributed by atoms with Gasteiger partial charge in [0.1, 0.15) is 18.0 Å². The number of carbonyl (C=O) groups excluding carboxylic acids is 1. The van der Waals surface area contributed by atoms with Gasteiger partial charge in [-0.05, 0) is 32.3 Å². The van der Waals surface area contributed by atoms with Crippen LogP contribution in [0.25, 0.3) is 0 Å². The fourth-order valence-corrected chi connectivity index (χ4v) is 3.88. The zero-order valence-electron chi connectivity index (χ0n) is 14.0. The topological polar surface area (TPSA) is 87.0 Å². The molecule has 0 amide bonds. The number of fused-ring (bicyclic) bond motifs is 1. The molecule has 0 aromatic carbocycles. The maximum atomic E-state index is 11.7. The zero-order valence-corrected chi connectivity index (χ0v) is 14.7. The Bertz CT molecular complexity index is 489. The molecule has 1 aliphatic heterocycles. The summed E-state index contributed by atoms with van der Waals surface area (Å²) >= 11 is 6.33. The van der Waals surface area contributed by atoms with Crippen LogP contribution in [0, 0.1) is 0 Å². The van der Waals surface area contributed by atoms with E-state index >= 15 is 0 Å². The van der Waals surface area contributed by atoms with Crippen LogP contribution >= 0.6 is 11.6 Å². The smallest absolute Gasteiger partial charge is 0.148 e. The van der Waals surface area contributed by atoms with Crippen molar-refractivity contribution in [2.45, 2.75) is 87.8 Å². The molecule has 2 rings (SSSR count). The van der Waals surface area contributed by atoms with Gasteiger partial charge in [0, 0.05) is 12.0 Å². The van der Waals surface area contributed by atoms with Crippen molar-refractivity contribution in [3.63, 3.8) is 0 Å². The largest absolute Gasteiger partial charge is 0.390 e. The van der Waals surface area contributed by atoms with Crippen molar-refractivity contribution in [2.75, 3.05) is 0 Å². The van der Waals surface area contributed by atoms with Gasteiger partial charge >= 0.3 is 0 Å². The van der Waals surface area contributed by atoms with Gasteiger partial charge in [0.25, 0.3) is 0 Å². The van der Waals surface area contributed by atoms with E-state index in [1.807, 2.05) is 0 Å². The number of aliphatic hydroxyl groups excluding tert-OH is 2. The van der Waals surface area contributed by atoms with Crippen LogP contribution < -0.4 is 0 Å². The van der Waals surface area contributed by atoms with Gasteiger partial charge in [-0.15, -0.1) is 11.6 Å². The predicted octanol–water partition coefficient (Wildman–Crippen LogP) is 1.70. The Kier molecular flexibility index (Phi) is 5.58. The zero-order chi connectivity index (χ0) is 17.4. The second kappa shape index (κ2) is 6.81. The number of aldehydes is 1. The van der Waals surface area contributed by atoms with Crippen LogP contribution in [0.3, 0.4) is 0 Å². The van der Waals surface area contributed by atoms with Gasteiger partial charge in [-0.1, -0.05) is 19.8 Å². The quantitative estimate of drug-likeness (QED) is 0.401. The number of halogens is 1. The molecular formula is C17H27ClO5. The third-order valence-corrected chi connectivity index (χ3v) is 5.76. The molecule has 0 unspecified atom stereocenters. The van der Waals surface area contributed by atoms with Crippen molar-refractivity contribution >= 4 is 17.9 Å². The number of rotatable bonds is 5. The van der Waals surface area contributed by atoms with Gasteiger partial charge in [-0.2, -0.15) is 0 Å². The normalized spacial score (nSPS) is 40.0. The van der Waals surface area contributed by atoms with Crippen molar-refractivity contribution in [3.05, 3.63) is 11.1 Å². The molecule has 6 heteroatoms. The van der Waals surface area contributed by atoms with Crippen molar-refractivity contribution in [1.29, 1.82) is 0 Å². The van der Waals surface area contributed by atoms with E-state index in [1.165, 1.54) is 0 Å². The Morgan fingerprint density at radius 3 is 2.57 bits per heavy atom. The van der Waals surface area contributed by atoms with E-state index in [0.717, 1.165) is 19.3 Å². The third kappa shape index (κ3) is 3.22. The lowest BCUT2D eigenvalue weighted by Gasteiger charge is -2.54. The Labute approximate surface area is 142 Å². The molecule has 1 saturated heterocycles. The highest BCUT2D eigenvalue weighted by Gasteiger charge is 2.60. The molecule has 1 heterocycles. The molecular weight excluding hydrogens is 320 g/mol. The van der Waals surface area contributed by atoms with Gasteiger partial charge in [0.15, 0.2) is 0 Å². The highest BCUT2D eigenvalue weighted by Crippen LogP contribution is 2.47. The molecule has 2 aliphatic rings. The molecule has 0 aromatic heterocycles. The highest BCUT2D eigenvalue weighted by atomic mass is 35.5. The van der Waals surface area contributed by atoms with Crippen LogP contribution in [0.1, 0.15) is 52.9 Å². The Morgan fingerprint density at radius 2 is 2.00 bits per heavy atom. The maximum absolute atomic E-state index is 11.7. The average molecular weight is 347 g/mol. The molecule has 1 aliphatic carbocycles. The van der Waals surface area contributed by atoms with Crippen molar-refractivity contribution in [3.8, 4) is 0 Å². The van der Waals surface area contributed by atoms with Gasteiger partial charge in [0.05, 0.1) is 23.2 Å². The summed E-state index contributed by atoms with van der Waals surface area (Å²) in [5.74, 6) is 0. The van der Waals surface area contributed by atoms with Crippen LogP contribution in [-0.4, -0.2) is 56.5 Å². The number of carbonyl (C=O) groups is 1. The summed E-state index contributed by atoms with van der Waals surface area (Å²) in [5.41, 5.74) is -1.75. The second-order valence-electron chi connectivity index (χ2n) is 7.21. The molecule has 23 heavy (non-hydrogen) atoms. The first-order valence-corrected chi connectivity index (χ1v) is 8.71. The molecule has 0 saturated carbocycles. The first-order chi connectivity index (χ1) is 10.7. The number of unbranched alkanes of at least 4 members (excludes halogenated alkanes) is 2. The van der Waals surface area contributed by atoms with E-state index in [2.05, 4.69) is 6.92 Å². The van der Waals surface area contributed by atoms with E-state index in [0.29, 0.717) is 18.3 Å². The maximum Gasteiger partial charge on any atom is 0.148 e. The Balaban J connectivity index is 2.43. The van der Waals surface area contributed by atoms with Crippen LogP contribution in [0.5, 0.6) is 0 Å². The lowest BCUT2D eigenvalue weighted by Crippen LogP contribution is -2.68. The van der Waals surface area contributed by atoms with E-state index in [4.69, 9.17) is 16.3 Å². The molecule has 0 spiro atoms. The first-order valence-electron chi connectivity index (χ1n) is 8.27. The molecule has 5 atom stereocenters. The number of aliphatic hydroxyl groups is 3. The molecule has 3 N–H and O–H groups in total. The number of alkyl halides is 1. The SMILES string of the molecule is CCCCCC1=C(C=O)[C@H]2OC(C)(C)[C@H](O)C[C@@]2(O)[C@H](Cl)[C@H]1O. The Hall–Kier alpha value is -0.460. The van der Waals surface area contributed by atoms with Crippen molar-refractivity contribution in [2.24, 2.45) is 0 Å². The number of hydrogen-bond donors (Lipinski definition) is 3. The van der Waals surface area contributed by atoms with Gasteiger partial charge in [-0.3, -0.25) is 4.79 Å². The molecule has 132 valence electrons. The summed E-state index contributed by atoms with van der Waals surface area (Å²) in [7, 11) is 0. The summed E-state index contributed by atoms with van der Waals surface area (Å²) in [6, 6.07) is 0. The minimum atomic E-state index is -1.67. The monoisotopic (exact) mass is 346 g/mol. The van der Waals surface area contributed by atoms with Gasteiger partial charge in [-0.25, -0.2) is 0 Å². The lowest BCUT2D eigenvalue weighted by molar-refractivity contribution is -0.246. The minimum absolute atomic E-state index is 0.0462. The van der Waals surface area contributed by atoms with Gasteiger partial charge < -0.3 is 20.1 Å². The Morgan fingerprint density at radius 1 is 1.35 bits per heavy atom.